The summed E-state index contributed by atoms with van der Waals surface area (Å²) >= 11 is 10.7. The molecule has 0 saturated heterocycles. The van der Waals surface area contributed by atoms with Crippen molar-refractivity contribution in [3.05, 3.63) is 31.0 Å². The van der Waals surface area contributed by atoms with E-state index in [1.165, 1.54) is 6.07 Å². The van der Waals surface area contributed by atoms with E-state index < -0.39 is 0 Å². The summed E-state index contributed by atoms with van der Waals surface area (Å²) in [7, 11) is 0. The minimum atomic E-state index is -0.328. The minimum Gasteiger partial charge on any atom is -0.206 e. The van der Waals surface area contributed by atoms with Crippen LogP contribution >= 0.6 is 50.1 Å². The molecule has 0 fully saturated rings. The topological polar surface area (TPSA) is 0 Å². The van der Waals surface area contributed by atoms with Crippen molar-refractivity contribution >= 4 is 50.1 Å². The summed E-state index contributed by atoms with van der Waals surface area (Å²) in [6, 6.07) is 2.92. The van der Waals surface area contributed by atoms with Gasteiger partial charge < -0.3 is 0 Å². The molecule has 0 N–H and O–H groups in total. The predicted molar refractivity (Wildman–Crippen MR) is 51.8 cm³/mol. The van der Waals surface area contributed by atoms with E-state index in [1.807, 2.05) is 22.6 Å². The first-order chi connectivity index (χ1) is 4.61. The number of hydrogen-bond acceptors (Lipinski definition) is 0. The van der Waals surface area contributed by atoms with Crippen LogP contribution < -0.4 is 0 Å². The van der Waals surface area contributed by atoms with Crippen molar-refractivity contribution in [1.82, 2.24) is 0 Å². The van der Waals surface area contributed by atoms with Gasteiger partial charge in [-0.05, 0) is 50.7 Å². The Hall–Kier alpha value is 0.650. The van der Waals surface area contributed by atoms with Crippen LogP contribution in [0.1, 0.15) is 0 Å². The molecule has 0 heterocycles. The second-order valence-corrected chi connectivity index (χ2v) is 4.10. The van der Waals surface area contributed by atoms with E-state index in [2.05, 4.69) is 15.9 Å². The Morgan fingerprint density at radius 1 is 1.50 bits per heavy atom. The van der Waals surface area contributed by atoms with Gasteiger partial charge in [-0.2, -0.15) is 0 Å². The van der Waals surface area contributed by atoms with E-state index in [9.17, 15) is 4.39 Å². The quantitative estimate of drug-likeness (QED) is 0.499. The maximum absolute atomic E-state index is 12.6. The Morgan fingerprint density at radius 2 is 2.10 bits per heavy atom. The lowest BCUT2D eigenvalue weighted by atomic mass is 10.3. The van der Waals surface area contributed by atoms with Crippen molar-refractivity contribution in [2.45, 2.75) is 0 Å². The maximum atomic E-state index is 12.6. The Morgan fingerprint density at radius 3 is 2.60 bits per heavy atom. The van der Waals surface area contributed by atoms with Crippen molar-refractivity contribution in [1.29, 1.82) is 0 Å². The summed E-state index contributed by atoms with van der Waals surface area (Å²) in [6.45, 7) is 0. The van der Waals surface area contributed by atoms with Gasteiger partial charge in [0.1, 0.15) is 5.82 Å². The average Bonchev–Trinajstić information content (AvgIpc) is 1.84. The summed E-state index contributed by atoms with van der Waals surface area (Å²) in [5.41, 5.74) is 0. The molecule has 1 aromatic rings. The van der Waals surface area contributed by atoms with Crippen LogP contribution in [0.2, 0.25) is 5.02 Å². The highest BCUT2D eigenvalue weighted by atomic mass is 127. The molecule has 0 aliphatic heterocycles. The standard InChI is InChI=1S/C6H2BrClFI/c7-3-1-6(10)4(8)2-5(3)9/h1-2H. The molecular weight excluding hydrogens is 333 g/mol. The van der Waals surface area contributed by atoms with Crippen LogP contribution in [0.15, 0.2) is 16.6 Å². The lowest BCUT2D eigenvalue weighted by molar-refractivity contribution is 0.621. The molecule has 0 radical (unpaired) electrons. The summed E-state index contributed by atoms with van der Waals surface area (Å²) in [5.74, 6) is -0.328. The van der Waals surface area contributed by atoms with Gasteiger partial charge in [0, 0.05) is 3.57 Å². The number of benzene rings is 1. The Balaban J connectivity index is 3.28. The summed E-state index contributed by atoms with van der Waals surface area (Å²) in [6.07, 6.45) is 0. The molecule has 0 bridgehead atoms. The summed E-state index contributed by atoms with van der Waals surface area (Å²) in [5, 5.41) is 0.446. The lowest BCUT2D eigenvalue weighted by Gasteiger charge is -1.96. The van der Waals surface area contributed by atoms with Gasteiger partial charge in [-0.1, -0.05) is 11.6 Å². The van der Waals surface area contributed by atoms with Gasteiger partial charge in [0.25, 0.3) is 0 Å². The van der Waals surface area contributed by atoms with Gasteiger partial charge in [0.15, 0.2) is 0 Å². The zero-order chi connectivity index (χ0) is 7.72. The largest absolute Gasteiger partial charge is 0.206 e. The minimum absolute atomic E-state index is 0.328. The maximum Gasteiger partial charge on any atom is 0.138 e. The Kier molecular flexibility index (Phi) is 2.94. The van der Waals surface area contributed by atoms with Gasteiger partial charge in [-0.15, -0.1) is 0 Å². The smallest absolute Gasteiger partial charge is 0.138 e. The first kappa shape index (κ1) is 8.74. The first-order valence-electron chi connectivity index (χ1n) is 2.41. The SMILES string of the molecule is Fc1cc(Cl)c(I)cc1Br. The fourth-order valence-corrected chi connectivity index (χ4v) is 1.89. The van der Waals surface area contributed by atoms with Gasteiger partial charge in [0.05, 0.1) is 9.50 Å². The fraction of sp³-hybridized carbons (Fsp3) is 0. The van der Waals surface area contributed by atoms with E-state index >= 15 is 0 Å². The molecule has 0 spiro atoms. The third-order valence-corrected chi connectivity index (χ3v) is 3.09. The van der Waals surface area contributed by atoms with Gasteiger partial charge >= 0.3 is 0 Å². The zero-order valence-electron chi connectivity index (χ0n) is 4.67. The van der Waals surface area contributed by atoms with Gasteiger partial charge in [0.2, 0.25) is 0 Å². The zero-order valence-corrected chi connectivity index (χ0v) is 9.17. The molecule has 0 unspecified atom stereocenters. The van der Waals surface area contributed by atoms with Crippen LogP contribution in [0, 0.1) is 9.39 Å². The molecule has 0 saturated carbocycles. The molecule has 0 amide bonds. The fourth-order valence-electron chi connectivity index (χ4n) is 0.498. The third-order valence-electron chi connectivity index (χ3n) is 0.963. The van der Waals surface area contributed by atoms with E-state index in [-0.39, 0.29) is 5.82 Å². The summed E-state index contributed by atoms with van der Waals surface area (Å²) in [4.78, 5) is 0. The average molecular weight is 335 g/mol. The molecule has 1 aromatic carbocycles. The Labute approximate surface area is 85.0 Å². The molecule has 0 nitrogen and oxygen atoms in total. The van der Waals surface area contributed by atoms with Crippen LogP contribution in [0.3, 0.4) is 0 Å². The van der Waals surface area contributed by atoms with Crippen molar-refractivity contribution in [2.24, 2.45) is 0 Å². The molecule has 4 heteroatoms. The van der Waals surface area contributed by atoms with Crippen molar-refractivity contribution in [3.8, 4) is 0 Å². The van der Waals surface area contributed by atoms with Crippen molar-refractivity contribution in [2.75, 3.05) is 0 Å². The van der Waals surface area contributed by atoms with Crippen LogP contribution in [0.4, 0.5) is 4.39 Å². The number of halogens is 4. The van der Waals surface area contributed by atoms with Gasteiger partial charge in [-0.3, -0.25) is 0 Å². The van der Waals surface area contributed by atoms with Crippen LogP contribution in [-0.4, -0.2) is 0 Å². The molecule has 0 aromatic heterocycles. The van der Waals surface area contributed by atoms with Crippen LogP contribution in [0.5, 0.6) is 0 Å². The second-order valence-electron chi connectivity index (χ2n) is 1.68. The molecule has 0 aliphatic rings. The van der Waals surface area contributed by atoms with Crippen LogP contribution in [-0.2, 0) is 0 Å². The molecule has 0 atom stereocenters. The van der Waals surface area contributed by atoms with Crippen molar-refractivity contribution < 1.29 is 4.39 Å². The first-order valence-corrected chi connectivity index (χ1v) is 4.66. The van der Waals surface area contributed by atoms with Crippen molar-refractivity contribution in [3.63, 3.8) is 0 Å². The van der Waals surface area contributed by atoms with E-state index in [4.69, 9.17) is 11.6 Å². The van der Waals surface area contributed by atoms with Crippen LogP contribution in [0.25, 0.3) is 0 Å². The monoisotopic (exact) mass is 334 g/mol. The third kappa shape index (κ3) is 1.83. The van der Waals surface area contributed by atoms with Gasteiger partial charge in [-0.25, -0.2) is 4.39 Å². The number of rotatable bonds is 0. The highest BCUT2D eigenvalue weighted by Crippen LogP contribution is 2.25. The van der Waals surface area contributed by atoms with E-state index in [0.717, 1.165) is 3.57 Å². The predicted octanol–water partition coefficient (Wildman–Crippen LogP) is 3.85. The highest BCUT2D eigenvalue weighted by molar-refractivity contribution is 14.1. The molecule has 1 rings (SSSR count). The highest BCUT2D eigenvalue weighted by Gasteiger charge is 2.02. The normalized spacial score (nSPS) is 10.0. The molecule has 54 valence electrons. The molecular formula is C6H2BrClFI. The molecule has 0 aliphatic carbocycles. The second kappa shape index (κ2) is 3.36. The molecule has 10 heavy (non-hydrogen) atoms. The summed E-state index contributed by atoms with van der Waals surface area (Å²) < 4.78 is 13.9. The van der Waals surface area contributed by atoms with E-state index in [0.29, 0.717) is 9.50 Å². The Bertz CT molecular complexity index is 214. The van der Waals surface area contributed by atoms with E-state index in [1.54, 1.807) is 6.07 Å². The lowest BCUT2D eigenvalue weighted by Crippen LogP contribution is -1.80. The number of hydrogen-bond donors (Lipinski definition) is 0.